The number of nitrogens with zero attached hydrogens (tertiary/aromatic N) is 4. The highest BCUT2D eigenvalue weighted by molar-refractivity contribution is 7.09. The number of thiazole rings is 1. The van der Waals surface area contributed by atoms with E-state index in [2.05, 4.69) is 22.0 Å². The average molecular weight is 521 g/mol. The summed E-state index contributed by atoms with van der Waals surface area (Å²) in [6.45, 7) is 6.14. The van der Waals surface area contributed by atoms with E-state index in [1.165, 1.54) is 29.8 Å². The summed E-state index contributed by atoms with van der Waals surface area (Å²) in [4.78, 5) is 27.5. The lowest BCUT2D eigenvalue weighted by Crippen LogP contribution is -2.38. The number of amides is 1. The normalized spacial score (nSPS) is 17.2. The molecule has 1 fully saturated rings. The van der Waals surface area contributed by atoms with Gasteiger partial charge in [-0.05, 0) is 51.2 Å². The molecule has 2 aromatic heterocycles. The van der Waals surface area contributed by atoms with Crippen LogP contribution in [0.2, 0.25) is 0 Å². The molecule has 9 heteroatoms. The molecule has 2 aliphatic heterocycles. The first-order chi connectivity index (χ1) is 18.1. The number of allylic oxidation sites excluding steroid dienone is 1. The molecular formula is C28H32N4O4S. The lowest BCUT2D eigenvalue weighted by Gasteiger charge is -2.31. The highest BCUT2D eigenvalue weighted by atomic mass is 32.1. The summed E-state index contributed by atoms with van der Waals surface area (Å²) in [6.07, 6.45) is 8.01. The van der Waals surface area contributed by atoms with Crippen LogP contribution in [0.25, 0.3) is 10.9 Å². The lowest BCUT2D eigenvalue weighted by atomic mass is 9.97. The van der Waals surface area contributed by atoms with Gasteiger partial charge in [-0.3, -0.25) is 4.79 Å². The minimum atomic E-state index is -0.0283. The maximum absolute atomic E-state index is 13.7. The van der Waals surface area contributed by atoms with Crippen molar-refractivity contribution < 1.29 is 19.0 Å². The minimum Gasteiger partial charge on any atom is -0.454 e. The number of carbonyl (C=O) groups excluding carboxylic acids is 1. The lowest BCUT2D eigenvalue weighted by molar-refractivity contribution is 0.0739. The van der Waals surface area contributed by atoms with Gasteiger partial charge in [0.15, 0.2) is 11.5 Å². The average Bonchev–Trinajstić information content (AvgIpc) is 3.58. The Kier molecular flexibility index (Phi) is 6.97. The Morgan fingerprint density at radius 2 is 1.95 bits per heavy atom. The van der Waals surface area contributed by atoms with E-state index in [0.717, 1.165) is 71.1 Å². The molecule has 1 amide bonds. The van der Waals surface area contributed by atoms with E-state index >= 15 is 0 Å². The molecule has 0 atom stereocenters. The van der Waals surface area contributed by atoms with E-state index in [1.54, 1.807) is 0 Å². The minimum absolute atomic E-state index is 0.0283. The van der Waals surface area contributed by atoms with Crippen molar-refractivity contribution in [3.63, 3.8) is 0 Å². The Balaban J connectivity index is 1.36. The molecule has 1 aromatic carbocycles. The van der Waals surface area contributed by atoms with Crippen LogP contribution < -0.4 is 14.4 Å². The molecule has 0 saturated carbocycles. The second kappa shape index (κ2) is 10.7. The molecule has 0 radical (unpaired) electrons. The number of morpholine rings is 1. The van der Waals surface area contributed by atoms with Gasteiger partial charge in [-0.1, -0.05) is 11.6 Å². The van der Waals surface area contributed by atoms with Crippen LogP contribution in [0.3, 0.4) is 0 Å². The van der Waals surface area contributed by atoms with Crippen molar-refractivity contribution in [2.75, 3.05) is 44.5 Å². The van der Waals surface area contributed by atoms with Crippen molar-refractivity contribution >= 4 is 34.0 Å². The van der Waals surface area contributed by atoms with Crippen molar-refractivity contribution in [2.45, 2.75) is 45.6 Å². The summed E-state index contributed by atoms with van der Waals surface area (Å²) in [6, 6.07) is 6.09. The van der Waals surface area contributed by atoms with Crippen molar-refractivity contribution in [3.05, 3.63) is 51.5 Å². The Morgan fingerprint density at radius 3 is 2.70 bits per heavy atom. The first-order valence-electron chi connectivity index (χ1n) is 13.1. The number of hydrogen-bond donors (Lipinski definition) is 0. The van der Waals surface area contributed by atoms with Gasteiger partial charge < -0.3 is 24.0 Å². The van der Waals surface area contributed by atoms with Crippen LogP contribution >= 0.6 is 11.3 Å². The summed E-state index contributed by atoms with van der Waals surface area (Å²) >= 11 is 1.51. The molecule has 0 unspecified atom stereocenters. The molecule has 4 heterocycles. The van der Waals surface area contributed by atoms with Crippen LogP contribution in [0.1, 0.15) is 53.2 Å². The topological polar surface area (TPSA) is 77.0 Å². The van der Waals surface area contributed by atoms with Crippen LogP contribution in [0.5, 0.6) is 11.5 Å². The van der Waals surface area contributed by atoms with E-state index < -0.39 is 0 Å². The van der Waals surface area contributed by atoms with E-state index in [0.29, 0.717) is 32.0 Å². The number of benzene rings is 1. The Labute approximate surface area is 220 Å². The highest BCUT2D eigenvalue weighted by Crippen LogP contribution is 2.37. The summed E-state index contributed by atoms with van der Waals surface area (Å²) in [5.74, 6) is 2.32. The fourth-order valence-electron chi connectivity index (χ4n) is 5.25. The largest absolute Gasteiger partial charge is 0.454 e. The Morgan fingerprint density at radius 1 is 1.11 bits per heavy atom. The van der Waals surface area contributed by atoms with Crippen LogP contribution in [0.4, 0.5) is 5.82 Å². The molecule has 3 aromatic rings. The molecule has 1 aliphatic carbocycles. The number of hydrogen-bond acceptors (Lipinski definition) is 8. The maximum Gasteiger partial charge on any atom is 0.273 e. The Bertz CT molecular complexity index is 1330. The first kappa shape index (κ1) is 24.2. The molecule has 3 aliphatic rings. The van der Waals surface area contributed by atoms with Crippen molar-refractivity contribution in [1.29, 1.82) is 0 Å². The van der Waals surface area contributed by atoms with Gasteiger partial charge in [0.05, 0.1) is 23.7 Å². The molecule has 8 nitrogen and oxygen atoms in total. The van der Waals surface area contributed by atoms with Crippen LogP contribution in [-0.2, 0) is 11.3 Å². The predicted octanol–water partition coefficient (Wildman–Crippen LogP) is 5.10. The van der Waals surface area contributed by atoms with Crippen molar-refractivity contribution in [2.24, 2.45) is 0 Å². The van der Waals surface area contributed by atoms with E-state index in [9.17, 15) is 4.79 Å². The summed E-state index contributed by atoms with van der Waals surface area (Å²) in [5.41, 5.74) is 3.85. The number of rotatable bonds is 7. The van der Waals surface area contributed by atoms with Crippen molar-refractivity contribution in [3.8, 4) is 11.5 Å². The molecule has 0 bridgehead atoms. The number of carbonyl (C=O) groups is 1. The summed E-state index contributed by atoms with van der Waals surface area (Å²) in [7, 11) is 0. The number of anilines is 1. The quantitative estimate of drug-likeness (QED) is 0.401. The highest BCUT2D eigenvalue weighted by Gasteiger charge is 2.25. The predicted molar refractivity (Wildman–Crippen MR) is 144 cm³/mol. The van der Waals surface area contributed by atoms with Crippen LogP contribution in [0.15, 0.2) is 35.2 Å². The van der Waals surface area contributed by atoms with Crippen LogP contribution in [0, 0.1) is 6.92 Å². The summed E-state index contributed by atoms with van der Waals surface area (Å²) < 4.78 is 16.8. The zero-order valence-electron chi connectivity index (χ0n) is 21.2. The standard InChI is InChI=1S/C28H32N4O4S/c1-19-29-24(17-37-19)28(33)32(8-7-20-5-3-2-4-6-20)16-22-13-21-14-25-26(36-18-35-25)15-23(21)30-27(22)31-9-11-34-12-10-31/h5,13-15,17H,2-4,6-12,16,18H2,1H3. The molecular weight excluding hydrogens is 488 g/mol. The first-order valence-corrected chi connectivity index (χ1v) is 14.0. The van der Waals surface area contributed by atoms with Gasteiger partial charge in [-0.15, -0.1) is 11.3 Å². The van der Waals surface area contributed by atoms with Gasteiger partial charge >= 0.3 is 0 Å². The fourth-order valence-corrected chi connectivity index (χ4v) is 5.84. The number of aryl methyl sites for hydroxylation is 1. The van der Waals surface area contributed by atoms with Gasteiger partial charge in [-0.2, -0.15) is 0 Å². The Hall–Kier alpha value is -3.17. The third-order valence-electron chi connectivity index (χ3n) is 7.25. The third kappa shape index (κ3) is 5.29. The third-order valence-corrected chi connectivity index (χ3v) is 8.02. The zero-order chi connectivity index (χ0) is 25.2. The number of aromatic nitrogens is 2. The molecule has 0 N–H and O–H groups in total. The smallest absolute Gasteiger partial charge is 0.273 e. The SMILES string of the molecule is Cc1nc(C(=O)N(CCC2=CCCCC2)Cc2cc3cc4c(cc3nc2N2CCOCC2)OCO4)cs1. The van der Waals surface area contributed by atoms with Gasteiger partial charge in [0.1, 0.15) is 11.5 Å². The number of ether oxygens (including phenoxy) is 3. The molecule has 194 valence electrons. The zero-order valence-corrected chi connectivity index (χ0v) is 22.0. The van der Waals surface area contributed by atoms with Gasteiger partial charge in [0, 0.05) is 48.6 Å². The molecule has 37 heavy (non-hydrogen) atoms. The van der Waals surface area contributed by atoms with E-state index in [4.69, 9.17) is 19.2 Å². The molecule has 0 spiro atoms. The second-order valence-corrected chi connectivity index (χ2v) is 10.9. The van der Waals surface area contributed by atoms with Gasteiger partial charge in [0.2, 0.25) is 6.79 Å². The number of fused-ring (bicyclic) bond motifs is 2. The number of pyridine rings is 1. The van der Waals surface area contributed by atoms with E-state index in [-0.39, 0.29) is 12.7 Å². The monoisotopic (exact) mass is 520 g/mol. The second-order valence-electron chi connectivity index (χ2n) is 9.81. The van der Waals surface area contributed by atoms with Crippen molar-refractivity contribution in [1.82, 2.24) is 14.9 Å². The molecule has 1 saturated heterocycles. The van der Waals surface area contributed by atoms with Gasteiger partial charge in [0.25, 0.3) is 5.91 Å². The van der Waals surface area contributed by atoms with Gasteiger partial charge in [-0.25, -0.2) is 9.97 Å². The fraction of sp³-hybridized carbons (Fsp3) is 0.464. The summed E-state index contributed by atoms with van der Waals surface area (Å²) in [5, 5.41) is 3.74. The maximum atomic E-state index is 13.7. The van der Waals surface area contributed by atoms with E-state index in [1.807, 2.05) is 29.3 Å². The van der Waals surface area contributed by atoms with Crippen LogP contribution in [-0.4, -0.2) is 60.4 Å². The molecule has 6 rings (SSSR count).